The van der Waals surface area contributed by atoms with Crippen molar-refractivity contribution in [2.24, 2.45) is 0 Å². The predicted molar refractivity (Wildman–Crippen MR) is 110 cm³/mol. The Morgan fingerprint density at radius 2 is 1.75 bits per heavy atom. The number of hydrogen-bond acceptors (Lipinski definition) is 4. The number of fused-ring (bicyclic) bond motifs is 1. The van der Waals surface area contributed by atoms with Crippen LogP contribution in [0.15, 0.2) is 77.2 Å². The fourth-order valence-corrected chi connectivity index (χ4v) is 2.86. The van der Waals surface area contributed by atoms with Crippen LogP contribution in [0.1, 0.15) is 10.4 Å². The van der Waals surface area contributed by atoms with Crippen LogP contribution in [0.5, 0.6) is 0 Å². The van der Waals surface area contributed by atoms with Crippen molar-refractivity contribution in [1.29, 1.82) is 0 Å². The zero-order chi connectivity index (χ0) is 19.5. The summed E-state index contributed by atoms with van der Waals surface area (Å²) in [4.78, 5) is 16.6. The Bertz CT molecular complexity index is 1160. The van der Waals surface area contributed by atoms with Gasteiger partial charge in [0, 0.05) is 16.8 Å². The molecule has 2 N–H and O–H groups in total. The molecule has 0 atom stereocenters. The highest BCUT2D eigenvalue weighted by atomic mass is 32.1. The molecule has 0 aliphatic rings. The maximum absolute atomic E-state index is 13.0. The molecule has 0 radical (unpaired) electrons. The number of nitrogens with one attached hydrogen (secondary N) is 2. The van der Waals surface area contributed by atoms with Crippen LogP contribution in [-0.4, -0.2) is 16.0 Å². The summed E-state index contributed by atoms with van der Waals surface area (Å²) in [5, 5.41) is 5.62. The fraction of sp³-hybridized carbons (Fsp3) is 0. The van der Waals surface area contributed by atoms with Gasteiger partial charge in [0.05, 0.1) is 0 Å². The highest BCUT2D eigenvalue weighted by molar-refractivity contribution is 7.80. The van der Waals surface area contributed by atoms with E-state index in [0.717, 1.165) is 5.56 Å². The number of nitrogens with zero attached hydrogens (tertiary/aromatic N) is 1. The summed E-state index contributed by atoms with van der Waals surface area (Å²) in [5.41, 5.74) is 3.16. The molecule has 0 saturated heterocycles. The Kier molecular flexibility index (Phi) is 4.82. The van der Waals surface area contributed by atoms with Gasteiger partial charge in [0.25, 0.3) is 5.91 Å². The molecule has 1 amide bonds. The number of halogens is 1. The molecule has 28 heavy (non-hydrogen) atoms. The molecule has 0 aliphatic carbocycles. The van der Waals surface area contributed by atoms with Gasteiger partial charge in [-0.3, -0.25) is 10.1 Å². The average molecular weight is 391 g/mol. The summed E-state index contributed by atoms with van der Waals surface area (Å²) < 4.78 is 18.7. The topological polar surface area (TPSA) is 67.2 Å². The quantitative estimate of drug-likeness (QED) is 0.493. The van der Waals surface area contributed by atoms with E-state index in [1.54, 1.807) is 18.2 Å². The van der Waals surface area contributed by atoms with Crippen molar-refractivity contribution < 1.29 is 13.6 Å². The van der Waals surface area contributed by atoms with Gasteiger partial charge in [-0.25, -0.2) is 9.37 Å². The molecule has 0 fully saturated rings. The molecular formula is C21H14FN3O2S. The number of thiocarbonyl (C=S) groups is 1. The lowest BCUT2D eigenvalue weighted by Gasteiger charge is -2.09. The molecule has 5 nitrogen and oxygen atoms in total. The third-order valence-corrected chi connectivity index (χ3v) is 4.20. The van der Waals surface area contributed by atoms with E-state index in [1.807, 2.05) is 30.3 Å². The zero-order valence-corrected chi connectivity index (χ0v) is 15.3. The Morgan fingerprint density at radius 3 is 2.50 bits per heavy atom. The fourth-order valence-electron chi connectivity index (χ4n) is 2.65. The van der Waals surface area contributed by atoms with Gasteiger partial charge in [0.1, 0.15) is 11.3 Å². The summed E-state index contributed by atoms with van der Waals surface area (Å²) in [6.07, 6.45) is 0. The minimum Gasteiger partial charge on any atom is -0.436 e. The number of amides is 1. The first kappa shape index (κ1) is 17.8. The molecule has 4 aromatic rings. The number of aromatic nitrogens is 1. The van der Waals surface area contributed by atoms with Crippen molar-refractivity contribution in [2.45, 2.75) is 0 Å². The van der Waals surface area contributed by atoms with E-state index in [1.165, 1.54) is 24.3 Å². The van der Waals surface area contributed by atoms with Gasteiger partial charge in [0.2, 0.25) is 5.89 Å². The van der Waals surface area contributed by atoms with Crippen molar-refractivity contribution in [2.75, 3.05) is 5.32 Å². The summed E-state index contributed by atoms with van der Waals surface area (Å²) in [5.74, 6) is -0.306. The Labute approximate surface area is 165 Å². The molecule has 4 rings (SSSR count). The highest BCUT2D eigenvalue weighted by Crippen LogP contribution is 2.26. The molecule has 0 spiro atoms. The second-order valence-corrected chi connectivity index (χ2v) is 6.39. The molecule has 0 unspecified atom stereocenters. The van der Waals surface area contributed by atoms with Crippen molar-refractivity contribution in [3.8, 4) is 11.5 Å². The van der Waals surface area contributed by atoms with Crippen LogP contribution < -0.4 is 10.6 Å². The van der Waals surface area contributed by atoms with Gasteiger partial charge in [0.15, 0.2) is 10.7 Å². The number of benzene rings is 3. The van der Waals surface area contributed by atoms with Crippen LogP contribution in [0.4, 0.5) is 10.1 Å². The van der Waals surface area contributed by atoms with E-state index in [2.05, 4.69) is 15.6 Å². The number of anilines is 1. The largest absolute Gasteiger partial charge is 0.436 e. The Hall–Kier alpha value is -3.58. The number of hydrogen-bond donors (Lipinski definition) is 2. The van der Waals surface area contributed by atoms with Crippen LogP contribution in [0.25, 0.3) is 22.6 Å². The standard InChI is InChI=1S/C21H14FN3O2S/c22-15-8-6-13(7-9-15)19(26)25-21(28)23-16-10-11-18-17(12-16)24-20(27-18)14-4-2-1-3-5-14/h1-12H,(H2,23,25,26,28). The Morgan fingerprint density at radius 1 is 1.00 bits per heavy atom. The summed E-state index contributed by atoms with van der Waals surface area (Å²) in [6, 6.07) is 20.1. The van der Waals surface area contributed by atoms with Crippen LogP contribution in [0.3, 0.4) is 0 Å². The molecule has 1 heterocycles. The number of carbonyl (C=O) groups is 1. The maximum Gasteiger partial charge on any atom is 0.257 e. The molecule has 0 bridgehead atoms. The third-order valence-electron chi connectivity index (χ3n) is 4.00. The summed E-state index contributed by atoms with van der Waals surface area (Å²) in [6.45, 7) is 0. The monoisotopic (exact) mass is 391 g/mol. The van der Waals surface area contributed by atoms with Crippen molar-refractivity contribution >= 4 is 40.0 Å². The van der Waals surface area contributed by atoms with E-state index in [-0.39, 0.29) is 5.11 Å². The summed E-state index contributed by atoms with van der Waals surface area (Å²) in [7, 11) is 0. The Balaban J connectivity index is 1.47. The van der Waals surface area contributed by atoms with Crippen molar-refractivity contribution in [3.05, 3.63) is 84.2 Å². The third kappa shape index (κ3) is 3.89. The van der Waals surface area contributed by atoms with E-state index in [0.29, 0.717) is 28.2 Å². The highest BCUT2D eigenvalue weighted by Gasteiger charge is 2.11. The molecule has 7 heteroatoms. The SMILES string of the molecule is O=C(NC(=S)Nc1ccc2oc(-c3ccccc3)nc2c1)c1ccc(F)cc1. The van der Waals surface area contributed by atoms with Gasteiger partial charge < -0.3 is 9.73 Å². The van der Waals surface area contributed by atoms with Gasteiger partial charge in [-0.15, -0.1) is 0 Å². The van der Waals surface area contributed by atoms with Gasteiger partial charge in [-0.05, 0) is 66.8 Å². The maximum atomic E-state index is 13.0. The summed E-state index contributed by atoms with van der Waals surface area (Å²) >= 11 is 5.18. The second kappa shape index (κ2) is 7.58. The van der Waals surface area contributed by atoms with Gasteiger partial charge in [-0.2, -0.15) is 0 Å². The first-order chi connectivity index (χ1) is 13.6. The average Bonchev–Trinajstić information content (AvgIpc) is 3.12. The lowest BCUT2D eigenvalue weighted by atomic mass is 10.2. The number of carbonyl (C=O) groups excluding carboxylic acids is 1. The molecule has 0 saturated carbocycles. The van der Waals surface area contributed by atoms with E-state index in [9.17, 15) is 9.18 Å². The van der Waals surface area contributed by atoms with Gasteiger partial charge >= 0.3 is 0 Å². The first-order valence-electron chi connectivity index (χ1n) is 8.42. The molecule has 0 aliphatic heterocycles. The minimum atomic E-state index is -0.425. The molecular weight excluding hydrogens is 377 g/mol. The lowest BCUT2D eigenvalue weighted by Crippen LogP contribution is -2.34. The molecule has 3 aromatic carbocycles. The van der Waals surface area contributed by atoms with Crippen LogP contribution in [-0.2, 0) is 0 Å². The van der Waals surface area contributed by atoms with E-state index < -0.39 is 11.7 Å². The zero-order valence-electron chi connectivity index (χ0n) is 14.5. The lowest BCUT2D eigenvalue weighted by molar-refractivity contribution is 0.0977. The van der Waals surface area contributed by atoms with E-state index >= 15 is 0 Å². The van der Waals surface area contributed by atoms with Crippen LogP contribution in [0.2, 0.25) is 0 Å². The normalized spacial score (nSPS) is 10.6. The number of oxazole rings is 1. The number of rotatable bonds is 3. The van der Waals surface area contributed by atoms with Crippen LogP contribution >= 0.6 is 12.2 Å². The second-order valence-electron chi connectivity index (χ2n) is 5.98. The van der Waals surface area contributed by atoms with Crippen LogP contribution in [0, 0.1) is 5.82 Å². The smallest absolute Gasteiger partial charge is 0.257 e. The van der Waals surface area contributed by atoms with E-state index in [4.69, 9.17) is 16.6 Å². The van der Waals surface area contributed by atoms with Crippen molar-refractivity contribution in [3.63, 3.8) is 0 Å². The minimum absolute atomic E-state index is 0.125. The predicted octanol–water partition coefficient (Wildman–Crippen LogP) is 4.76. The molecule has 138 valence electrons. The molecule has 1 aromatic heterocycles. The van der Waals surface area contributed by atoms with Crippen molar-refractivity contribution in [1.82, 2.24) is 10.3 Å². The van der Waals surface area contributed by atoms with Gasteiger partial charge in [-0.1, -0.05) is 18.2 Å². The first-order valence-corrected chi connectivity index (χ1v) is 8.83.